The van der Waals surface area contributed by atoms with Crippen LogP contribution in [0.2, 0.25) is 0 Å². The lowest BCUT2D eigenvalue weighted by Crippen LogP contribution is -2.33. The van der Waals surface area contributed by atoms with E-state index in [0.29, 0.717) is 22.5 Å². The van der Waals surface area contributed by atoms with E-state index in [9.17, 15) is 8.42 Å². The van der Waals surface area contributed by atoms with Crippen molar-refractivity contribution in [1.82, 2.24) is 4.31 Å². The molecule has 0 unspecified atom stereocenters. The first-order valence-corrected chi connectivity index (χ1v) is 8.55. The minimum absolute atomic E-state index is 0.0641. The van der Waals surface area contributed by atoms with Crippen LogP contribution in [-0.4, -0.2) is 30.9 Å². The van der Waals surface area contributed by atoms with E-state index in [1.165, 1.54) is 10.4 Å². The van der Waals surface area contributed by atoms with Crippen molar-refractivity contribution >= 4 is 26.0 Å². The highest BCUT2D eigenvalue weighted by Crippen LogP contribution is 2.33. The van der Waals surface area contributed by atoms with Gasteiger partial charge in [0.25, 0.3) is 0 Å². The van der Waals surface area contributed by atoms with E-state index >= 15 is 0 Å². The predicted molar refractivity (Wildman–Crippen MR) is 80.4 cm³/mol. The molecular formula is C14H16BrNO3S. The highest BCUT2D eigenvalue weighted by Gasteiger charge is 2.32. The Bertz CT molecular complexity index is 632. The lowest BCUT2D eigenvalue weighted by Gasteiger charge is -2.20. The van der Waals surface area contributed by atoms with Gasteiger partial charge in [0.2, 0.25) is 10.0 Å². The molecule has 6 heteroatoms. The van der Waals surface area contributed by atoms with Gasteiger partial charge in [-0.1, -0.05) is 12.0 Å². The van der Waals surface area contributed by atoms with Crippen molar-refractivity contribution in [2.75, 3.05) is 13.1 Å². The number of hydrogen-bond acceptors (Lipinski definition) is 3. The zero-order valence-electron chi connectivity index (χ0n) is 10.9. The minimum atomic E-state index is -3.65. The summed E-state index contributed by atoms with van der Waals surface area (Å²) in [4.78, 5) is 0.153. The second kappa shape index (κ2) is 6.27. The fraction of sp³-hybridized carbons (Fsp3) is 0.429. The topological polar surface area (TPSA) is 57.6 Å². The van der Waals surface area contributed by atoms with Crippen molar-refractivity contribution < 1.29 is 13.5 Å². The van der Waals surface area contributed by atoms with E-state index in [1.54, 1.807) is 12.1 Å². The van der Waals surface area contributed by atoms with Gasteiger partial charge >= 0.3 is 0 Å². The van der Waals surface area contributed by atoms with Crippen molar-refractivity contribution in [1.29, 1.82) is 0 Å². The highest BCUT2D eigenvalue weighted by molar-refractivity contribution is 9.10. The van der Waals surface area contributed by atoms with Crippen LogP contribution >= 0.6 is 15.9 Å². The summed E-state index contributed by atoms with van der Waals surface area (Å²) in [7, 11) is -3.65. The van der Waals surface area contributed by atoms with Gasteiger partial charge in [0.1, 0.15) is 0 Å². The first kappa shape index (κ1) is 15.5. The average Bonchev–Trinajstić information content (AvgIpc) is 3.22. The second-order valence-corrected chi connectivity index (χ2v) is 7.63. The van der Waals surface area contributed by atoms with Gasteiger partial charge in [0.15, 0.2) is 0 Å². The Morgan fingerprint density at radius 3 is 2.70 bits per heavy atom. The second-order valence-electron chi connectivity index (χ2n) is 4.87. The molecule has 0 bridgehead atoms. The molecule has 0 saturated heterocycles. The predicted octanol–water partition coefficient (Wildman–Crippen LogP) is 1.98. The van der Waals surface area contributed by atoms with E-state index in [1.807, 2.05) is 0 Å². The van der Waals surface area contributed by atoms with Crippen LogP contribution in [0.25, 0.3) is 0 Å². The number of nitrogens with zero attached hydrogens (tertiary/aromatic N) is 1. The molecule has 2 rings (SSSR count). The molecule has 20 heavy (non-hydrogen) atoms. The van der Waals surface area contributed by atoms with Crippen LogP contribution in [0.5, 0.6) is 0 Å². The van der Waals surface area contributed by atoms with Crippen molar-refractivity contribution in [2.24, 2.45) is 5.92 Å². The Morgan fingerprint density at radius 1 is 1.45 bits per heavy atom. The Morgan fingerprint density at radius 2 is 2.15 bits per heavy atom. The molecular weight excluding hydrogens is 342 g/mol. The molecule has 1 saturated carbocycles. The first-order chi connectivity index (χ1) is 9.48. The number of benzene rings is 1. The third-order valence-electron chi connectivity index (χ3n) is 3.22. The Kier molecular flexibility index (Phi) is 4.86. The molecule has 4 nitrogen and oxygen atoms in total. The third kappa shape index (κ3) is 3.41. The highest BCUT2D eigenvalue weighted by atomic mass is 79.9. The standard InChI is InChI=1S/C14H16BrNO3S/c1-2-7-16(9-11-3-4-11)20(18,19)14-8-12(10-17)5-6-13(14)15/h1,5-6,8,11,17H,3-4,7,9-10H2. The average molecular weight is 358 g/mol. The van der Waals surface area contributed by atoms with Gasteiger partial charge in [-0.25, -0.2) is 8.42 Å². The fourth-order valence-corrected chi connectivity index (χ4v) is 4.33. The van der Waals surface area contributed by atoms with Crippen molar-refractivity contribution in [2.45, 2.75) is 24.3 Å². The molecule has 1 aromatic rings. The van der Waals surface area contributed by atoms with Gasteiger partial charge in [-0.3, -0.25) is 0 Å². The zero-order chi connectivity index (χ0) is 14.8. The van der Waals surface area contributed by atoms with Crippen LogP contribution in [0.1, 0.15) is 18.4 Å². The summed E-state index contributed by atoms with van der Waals surface area (Å²) in [6, 6.07) is 4.79. The maximum Gasteiger partial charge on any atom is 0.245 e. The molecule has 0 amide bonds. The molecule has 1 aromatic carbocycles. The molecule has 0 radical (unpaired) electrons. The number of aliphatic hydroxyl groups is 1. The third-order valence-corrected chi connectivity index (χ3v) is 6.03. The minimum Gasteiger partial charge on any atom is -0.392 e. The summed E-state index contributed by atoms with van der Waals surface area (Å²) < 4.78 is 27.2. The number of rotatable bonds is 6. The molecule has 0 aliphatic heterocycles. The Hall–Kier alpha value is -0.870. The SMILES string of the molecule is C#CCN(CC1CC1)S(=O)(=O)c1cc(CO)ccc1Br. The quantitative estimate of drug-likeness (QED) is 0.792. The summed E-state index contributed by atoms with van der Waals surface area (Å²) >= 11 is 3.26. The lowest BCUT2D eigenvalue weighted by atomic mass is 10.2. The number of terminal acetylenes is 1. The summed E-state index contributed by atoms with van der Waals surface area (Å²) in [6.07, 6.45) is 7.39. The van der Waals surface area contributed by atoms with Gasteiger partial charge in [-0.15, -0.1) is 6.42 Å². The molecule has 0 heterocycles. The summed E-state index contributed by atoms with van der Waals surface area (Å²) in [5.74, 6) is 2.82. The maximum absolute atomic E-state index is 12.7. The molecule has 0 spiro atoms. The van der Waals surface area contributed by atoms with Gasteiger partial charge in [0.05, 0.1) is 18.0 Å². The van der Waals surface area contributed by atoms with Gasteiger partial charge < -0.3 is 5.11 Å². The fourth-order valence-electron chi connectivity index (χ4n) is 1.92. The molecule has 1 fully saturated rings. The number of halogens is 1. The Balaban J connectivity index is 2.38. The van der Waals surface area contributed by atoms with E-state index in [4.69, 9.17) is 11.5 Å². The van der Waals surface area contributed by atoms with Crippen molar-refractivity contribution in [3.05, 3.63) is 28.2 Å². The summed E-state index contributed by atoms with van der Waals surface area (Å²) in [5.41, 5.74) is 0.554. The van der Waals surface area contributed by atoms with Crippen LogP contribution in [0.4, 0.5) is 0 Å². The largest absolute Gasteiger partial charge is 0.392 e. The molecule has 1 aliphatic carbocycles. The van der Waals surface area contributed by atoms with Crippen LogP contribution < -0.4 is 0 Å². The number of aliphatic hydroxyl groups excluding tert-OH is 1. The number of hydrogen-bond donors (Lipinski definition) is 1. The van der Waals surface area contributed by atoms with Crippen molar-refractivity contribution in [3.8, 4) is 12.3 Å². The van der Waals surface area contributed by atoms with E-state index in [-0.39, 0.29) is 18.0 Å². The van der Waals surface area contributed by atoms with Crippen LogP contribution in [0, 0.1) is 18.3 Å². The normalized spacial score (nSPS) is 15.3. The van der Waals surface area contributed by atoms with Crippen LogP contribution in [0.15, 0.2) is 27.6 Å². The van der Waals surface area contributed by atoms with Gasteiger partial charge in [-0.2, -0.15) is 4.31 Å². The summed E-state index contributed by atoms with van der Waals surface area (Å²) in [5, 5.41) is 9.16. The number of sulfonamides is 1. The molecule has 0 atom stereocenters. The maximum atomic E-state index is 12.7. The van der Waals surface area contributed by atoms with E-state index < -0.39 is 10.0 Å². The van der Waals surface area contributed by atoms with E-state index in [2.05, 4.69) is 21.9 Å². The van der Waals surface area contributed by atoms with Crippen molar-refractivity contribution in [3.63, 3.8) is 0 Å². The lowest BCUT2D eigenvalue weighted by molar-refractivity contribution is 0.281. The molecule has 108 valence electrons. The van der Waals surface area contributed by atoms with Crippen LogP contribution in [-0.2, 0) is 16.6 Å². The monoisotopic (exact) mass is 357 g/mol. The molecule has 1 N–H and O–H groups in total. The molecule has 1 aliphatic rings. The van der Waals surface area contributed by atoms with Gasteiger partial charge in [0, 0.05) is 11.0 Å². The Labute approximate surface area is 128 Å². The smallest absolute Gasteiger partial charge is 0.245 e. The van der Waals surface area contributed by atoms with E-state index in [0.717, 1.165) is 12.8 Å². The molecule has 0 aromatic heterocycles. The first-order valence-electron chi connectivity index (χ1n) is 6.32. The summed E-state index contributed by atoms with van der Waals surface area (Å²) in [6.45, 7) is 0.324. The zero-order valence-corrected chi connectivity index (χ0v) is 13.3. The van der Waals surface area contributed by atoms with Crippen LogP contribution in [0.3, 0.4) is 0 Å². The van der Waals surface area contributed by atoms with Gasteiger partial charge in [-0.05, 0) is 52.4 Å².